The second-order valence-electron chi connectivity index (χ2n) is 11.0. The zero-order valence-corrected chi connectivity index (χ0v) is 21.8. The van der Waals surface area contributed by atoms with Crippen molar-refractivity contribution in [1.82, 2.24) is 4.57 Å². The van der Waals surface area contributed by atoms with Crippen LogP contribution in [0.1, 0.15) is 67.9 Å². The summed E-state index contributed by atoms with van der Waals surface area (Å²) in [6.07, 6.45) is 2.70. The highest BCUT2D eigenvalue weighted by Gasteiger charge is 2.38. The number of hydrogen-bond donors (Lipinski definition) is 0. The van der Waals surface area contributed by atoms with Crippen molar-refractivity contribution in [3.05, 3.63) is 58.6 Å². The van der Waals surface area contributed by atoms with Gasteiger partial charge in [0, 0.05) is 17.8 Å². The predicted molar refractivity (Wildman–Crippen MR) is 139 cm³/mol. The predicted octanol–water partition coefficient (Wildman–Crippen LogP) is 7.63. The van der Waals surface area contributed by atoms with E-state index in [1.165, 1.54) is 6.07 Å². The molecule has 0 bridgehead atoms. The average Bonchev–Trinajstić information content (AvgIpc) is 2.73. The molecular formula is C29H38FNO3. The molecule has 34 heavy (non-hydrogen) atoms. The molecule has 1 heterocycles. The van der Waals surface area contributed by atoms with E-state index in [0.717, 1.165) is 17.7 Å². The first-order valence-corrected chi connectivity index (χ1v) is 12.1. The number of halogens is 1. The highest BCUT2D eigenvalue weighted by molar-refractivity contribution is 5.89. The van der Waals surface area contributed by atoms with Crippen LogP contribution >= 0.6 is 0 Å². The molecule has 0 amide bonds. The number of benzene rings is 2. The van der Waals surface area contributed by atoms with Crippen LogP contribution in [0.2, 0.25) is 0 Å². The maximum absolute atomic E-state index is 15.4. The number of rotatable bonds is 7. The number of fused-ring (bicyclic) bond motifs is 1. The minimum absolute atomic E-state index is 0.0460. The standard InChI is InChI=1S/C29H38FNO3/c1-9-17-34-23-16-15-22(30)24-25(23)31(27(28(3,4)5)29(6,7)8)18-21(26(24)32)19-11-13-20(14-12-19)33-10-2/h11-16,18,27H,9-10,17H2,1-8H3. The average molecular weight is 468 g/mol. The number of nitrogens with zero attached hydrogens (tertiary/aromatic N) is 1. The second-order valence-corrected chi connectivity index (χ2v) is 11.0. The molecule has 3 rings (SSSR count). The molecule has 0 atom stereocenters. The molecule has 0 aliphatic rings. The molecule has 2 aromatic carbocycles. The first-order chi connectivity index (χ1) is 15.9. The molecule has 0 saturated carbocycles. The highest BCUT2D eigenvalue weighted by Crippen LogP contribution is 2.46. The lowest BCUT2D eigenvalue weighted by atomic mass is 9.71. The van der Waals surface area contributed by atoms with E-state index in [9.17, 15) is 4.79 Å². The Kier molecular flexibility index (Phi) is 7.44. The quantitative estimate of drug-likeness (QED) is 0.359. The summed E-state index contributed by atoms with van der Waals surface area (Å²) in [6.45, 7) is 18.1. The van der Waals surface area contributed by atoms with Gasteiger partial charge in [0.15, 0.2) is 5.43 Å². The smallest absolute Gasteiger partial charge is 0.200 e. The Hall–Kier alpha value is -2.82. The van der Waals surface area contributed by atoms with Gasteiger partial charge in [0.2, 0.25) is 0 Å². The van der Waals surface area contributed by atoms with Gasteiger partial charge in [0.05, 0.1) is 24.1 Å². The Labute approximate surface area is 202 Å². The van der Waals surface area contributed by atoms with Gasteiger partial charge in [-0.25, -0.2) is 4.39 Å². The number of aromatic nitrogens is 1. The third kappa shape index (κ3) is 5.13. The third-order valence-corrected chi connectivity index (χ3v) is 5.94. The summed E-state index contributed by atoms with van der Waals surface area (Å²) < 4.78 is 29.0. The van der Waals surface area contributed by atoms with Crippen molar-refractivity contribution in [3.63, 3.8) is 0 Å². The normalized spacial score (nSPS) is 12.4. The molecule has 0 N–H and O–H groups in total. The minimum atomic E-state index is -0.535. The first-order valence-electron chi connectivity index (χ1n) is 12.1. The van der Waals surface area contributed by atoms with Crippen molar-refractivity contribution in [2.24, 2.45) is 10.8 Å². The van der Waals surface area contributed by atoms with Gasteiger partial charge in [0.1, 0.15) is 17.3 Å². The summed E-state index contributed by atoms with van der Waals surface area (Å²) in [4.78, 5) is 13.7. The molecule has 0 saturated heterocycles. The lowest BCUT2D eigenvalue weighted by Crippen LogP contribution is -2.36. The van der Waals surface area contributed by atoms with E-state index in [-0.39, 0.29) is 27.7 Å². The Balaban J connectivity index is 2.44. The molecule has 0 aliphatic carbocycles. The van der Waals surface area contributed by atoms with Gasteiger partial charge in [-0.2, -0.15) is 0 Å². The van der Waals surface area contributed by atoms with E-state index in [1.807, 2.05) is 44.3 Å². The van der Waals surface area contributed by atoms with Crippen molar-refractivity contribution in [3.8, 4) is 22.6 Å². The molecule has 5 heteroatoms. The van der Waals surface area contributed by atoms with Crippen LogP contribution in [-0.4, -0.2) is 17.8 Å². The summed E-state index contributed by atoms with van der Waals surface area (Å²) >= 11 is 0. The molecule has 0 spiro atoms. The lowest BCUT2D eigenvalue weighted by Gasteiger charge is -2.43. The highest BCUT2D eigenvalue weighted by atomic mass is 19.1. The van der Waals surface area contributed by atoms with E-state index in [4.69, 9.17) is 9.47 Å². The van der Waals surface area contributed by atoms with E-state index < -0.39 is 5.82 Å². The molecule has 4 nitrogen and oxygen atoms in total. The molecule has 1 aromatic heterocycles. The maximum atomic E-state index is 15.4. The zero-order chi connectivity index (χ0) is 25.3. The summed E-state index contributed by atoms with van der Waals surface area (Å²) in [5.41, 5.74) is 1.01. The third-order valence-electron chi connectivity index (χ3n) is 5.94. The first kappa shape index (κ1) is 25.8. The van der Waals surface area contributed by atoms with Gasteiger partial charge in [-0.15, -0.1) is 0 Å². The number of hydrogen-bond acceptors (Lipinski definition) is 3. The van der Waals surface area contributed by atoms with Crippen LogP contribution in [0.3, 0.4) is 0 Å². The molecule has 0 aliphatic heterocycles. The number of ether oxygens (including phenoxy) is 2. The molecular weight excluding hydrogens is 429 g/mol. The fraction of sp³-hybridized carbons (Fsp3) is 0.483. The minimum Gasteiger partial charge on any atom is -0.494 e. The van der Waals surface area contributed by atoms with Gasteiger partial charge in [-0.1, -0.05) is 60.6 Å². The Bertz CT molecular complexity index is 1180. The number of pyridine rings is 1. The van der Waals surface area contributed by atoms with Crippen LogP contribution in [0.25, 0.3) is 22.0 Å². The van der Waals surface area contributed by atoms with Gasteiger partial charge >= 0.3 is 0 Å². The molecule has 0 fully saturated rings. The van der Waals surface area contributed by atoms with Crippen molar-refractivity contribution in [1.29, 1.82) is 0 Å². The van der Waals surface area contributed by atoms with Crippen molar-refractivity contribution in [2.75, 3.05) is 13.2 Å². The lowest BCUT2D eigenvalue weighted by molar-refractivity contribution is 0.114. The van der Waals surface area contributed by atoms with E-state index in [1.54, 1.807) is 6.07 Å². The van der Waals surface area contributed by atoms with E-state index in [2.05, 4.69) is 46.1 Å². The fourth-order valence-corrected chi connectivity index (χ4v) is 5.19. The van der Waals surface area contributed by atoms with E-state index >= 15 is 4.39 Å². The van der Waals surface area contributed by atoms with Gasteiger partial charge < -0.3 is 14.0 Å². The van der Waals surface area contributed by atoms with Crippen LogP contribution in [0.15, 0.2) is 47.4 Å². The van der Waals surface area contributed by atoms with Gasteiger partial charge in [0.25, 0.3) is 0 Å². The fourth-order valence-electron chi connectivity index (χ4n) is 5.19. The Morgan fingerprint density at radius 2 is 1.53 bits per heavy atom. The molecule has 0 unspecified atom stereocenters. The summed E-state index contributed by atoms with van der Waals surface area (Å²) in [5, 5.41) is 0.0680. The monoisotopic (exact) mass is 467 g/mol. The van der Waals surface area contributed by atoms with Crippen LogP contribution in [0.4, 0.5) is 4.39 Å². The van der Waals surface area contributed by atoms with Crippen LogP contribution in [0.5, 0.6) is 11.5 Å². The summed E-state index contributed by atoms with van der Waals surface area (Å²) in [6, 6.07) is 10.3. The van der Waals surface area contributed by atoms with Crippen molar-refractivity contribution in [2.45, 2.75) is 67.9 Å². The summed E-state index contributed by atoms with van der Waals surface area (Å²) in [5.74, 6) is 0.732. The van der Waals surface area contributed by atoms with Gasteiger partial charge in [-0.3, -0.25) is 4.79 Å². The molecule has 184 valence electrons. The van der Waals surface area contributed by atoms with Crippen molar-refractivity contribution >= 4 is 10.9 Å². The van der Waals surface area contributed by atoms with E-state index in [0.29, 0.717) is 30.0 Å². The largest absolute Gasteiger partial charge is 0.494 e. The van der Waals surface area contributed by atoms with Crippen molar-refractivity contribution < 1.29 is 13.9 Å². The van der Waals surface area contributed by atoms with Crippen LogP contribution in [0, 0.1) is 16.6 Å². The molecule has 3 aromatic rings. The Morgan fingerprint density at radius 1 is 0.912 bits per heavy atom. The van der Waals surface area contributed by atoms with Crippen LogP contribution in [-0.2, 0) is 0 Å². The van der Waals surface area contributed by atoms with Gasteiger partial charge in [-0.05, 0) is 54.0 Å². The topological polar surface area (TPSA) is 40.5 Å². The molecule has 0 radical (unpaired) electrons. The Morgan fingerprint density at radius 3 is 2.06 bits per heavy atom. The maximum Gasteiger partial charge on any atom is 0.200 e. The second kappa shape index (κ2) is 9.81. The van der Waals surface area contributed by atoms with Crippen LogP contribution < -0.4 is 14.9 Å². The summed E-state index contributed by atoms with van der Waals surface area (Å²) in [7, 11) is 0. The SMILES string of the molecule is CCCOc1ccc(F)c2c(=O)c(-c3ccc(OCC)cc3)cn(C(C(C)(C)C)C(C)(C)C)c12. The zero-order valence-electron chi connectivity index (χ0n) is 21.8.